The number of rotatable bonds is 7. The molecule has 3 rings (SSSR count). The lowest BCUT2D eigenvalue weighted by atomic mass is 10.1. The molecule has 1 aromatic rings. The zero-order valence-corrected chi connectivity index (χ0v) is 12.4. The molecule has 0 aromatic carbocycles. The summed E-state index contributed by atoms with van der Waals surface area (Å²) in [5.41, 5.74) is 9.71. The van der Waals surface area contributed by atoms with E-state index in [9.17, 15) is 0 Å². The first kappa shape index (κ1) is 13.8. The Morgan fingerprint density at radius 1 is 1.40 bits per heavy atom. The number of ether oxygens (including phenoxy) is 1. The Hall–Kier alpha value is -1.13. The number of nitrogens with zero attached hydrogens (tertiary/aromatic N) is 2. The van der Waals surface area contributed by atoms with Crippen LogP contribution in [0.15, 0.2) is 6.07 Å². The monoisotopic (exact) mass is 275 g/mol. The lowest BCUT2D eigenvalue weighted by Crippen LogP contribution is -2.26. The van der Waals surface area contributed by atoms with Crippen LogP contribution in [-0.2, 0) is 24.1 Å². The van der Waals surface area contributed by atoms with Crippen LogP contribution in [0.25, 0.3) is 0 Å². The molecule has 1 aromatic heterocycles. The van der Waals surface area contributed by atoms with E-state index in [1.54, 1.807) is 0 Å². The predicted octanol–water partition coefficient (Wildman–Crippen LogP) is 1.89. The van der Waals surface area contributed by atoms with Crippen molar-refractivity contribution in [3.05, 3.63) is 22.9 Å². The molecule has 0 bridgehead atoms. The molecule has 4 heteroatoms. The van der Waals surface area contributed by atoms with E-state index in [0.717, 1.165) is 49.9 Å². The maximum Gasteiger partial charge on any atom is 0.133 e. The number of aryl methyl sites for hydroxylation is 2. The van der Waals surface area contributed by atoms with Gasteiger partial charge in [-0.1, -0.05) is 0 Å². The first-order valence-corrected chi connectivity index (χ1v) is 7.78. The lowest BCUT2D eigenvalue weighted by molar-refractivity contribution is 0.130. The summed E-state index contributed by atoms with van der Waals surface area (Å²) in [4.78, 5) is 7.03. The molecule has 0 aliphatic heterocycles. The first-order valence-electron chi connectivity index (χ1n) is 7.78. The van der Waals surface area contributed by atoms with E-state index in [1.165, 1.54) is 30.5 Å². The van der Waals surface area contributed by atoms with E-state index < -0.39 is 0 Å². The Balaban J connectivity index is 1.61. The molecule has 2 aliphatic rings. The number of likely N-dealkylation sites (N-methyl/N-ethyl adjacent to an activating group) is 1. The Kier molecular flexibility index (Phi) is 4.22. The Morgan fingerprint density at radius 3 is 3.00 bits per heavy atom. The summed E-state index contributed by atoms with van der Waals surface area (Å²) in [6, 6.07) is 2.26. The SMILES string of the molecule is CN(CCOCC1CC1)c1nc2c(cc1CN)CCC2. The minimum absolute atomic E-state index is 0.558. The van der Waals surface area contributed by atoms with Gasteiger partial charge in [0.25, 0.3) is 0 Å². The zero-order chi connectivity index (χ0) is 13.9. The van der Waals surface area contributed by atoms with Crippen LogP contribution >= 0.6 is 0 Å². The average Bonchev–Trinajstić information content (AvgIpc) is 3.17. The fourth-order valence-electron chi connectivity index (χ4n) is 2.83. The van der Waals surface area contributed by atoms with Crippen LogP contribution in [0, 0.1) is 5.92 Å². The molecule has 1 heterocycles. The quantitative estimate of drug-likeness (QED) is 0.772. The Morgan fingerprint density at radius 2 is 2.25 bits per heavy atom. The van der Waals surface area contributed by atoms with E-state index in [0.29, 0.717) is 6.54 Å². The van der Waals surface area contributed by atoms with Crippen LogP contribution in [0.4, 0.5) is 5.82 Å². The third-order valence-corrected chi connectivity index (χ3v) is 4.31. The van der Waals surface area contributed by atoms with Gasteiger partial charge in [0.1, 0.15) is 5.82 Å². The predicted molar refractivity (Wildman–Crippen MR) is 81.0 cm³/mol. The normalized spacial score (nSPS) is 17.3. The molecule has 0 radical (unpaired) electrons. The van der Waals surface area contributed by atoms with E-state index in [4.69, 9.17) is 15.5 Å². The molecule has 0 atom stereocenters. The number of aromatic nitrogens is 1. The van der Waals surface area contributed by atoms with E-state index in [-0.39, 0.29) is 0 Å². The highest BCUT2D eigenvalue weighted by atomic mass is 16.5. The summed E-state index contributed by atoms with van der Waals surface area (Å²) in [5, 5.41) is 0. The van der Waals surface area contributed by atoms with Crippen molar-refractivity contribution in [1.82, 2.24) is 4.98 Å². The Bertz CT molecular complexity index is 471. The zero-order valence-electron chi connectivity index (χ0n) is 12.4. The number of anilines is 1. The number of pyridine rings is 1. The second-order valence-corrected chi connectivity index (χ2v) is 6.07. The fraction of sp³-hybridized carbons (Fsp3) is 0.688. The minimum Gasteiger partial charge on any atom is -0.379 e. The highest BCUT2D eigenvalue weighted by Crippen LogP contribution is 2.29. The van der Waals surface area contributed by atoms with Crippen molar-refractivity contribution in [3.63, 3.8) is 0 Å². The van der Waals surface area contributed by atoms with Crippen LogP contribution in [-0.4, -0.2) is 31.8 Å². The molecular formula is C16H25N3O. The molecule has 0 amide bonds. The molecule has 0 unspecified atom stereocenters. The minimum atomic E-state index is 0.558. The van der Waals surface area contributed by atoms with E-state index in [1.807, 2.05) is 0 Å². The van der Waals surface area contributed by atoms with Crippen LogP contribution in [0.1, 0.15) is 36.1 Å². The van der Waals surface area contributed by atoms with Crippen molar-refractivity contribution in [2.75, 3.05) is 31.7 Å². The third kappa shape index (κ3) is 3.13. The summed E-state index contributed by atoms with van der Waals surface area (Å²) in [6.45, 7) is 3.14. The van der Waals surface area contributed by atoms with Gasteiger partial charge < -0.3 is 15.4 Å². The molecule has 0 spiro atoms. The van der Waals surface area contributed by atoms with Crippen LogP contribution < -0.4 is 10.6 Å². The first-order chi connectivity index (χ1) is 9.78. The summed E-state index contributed by atoms with van der Waals surface area (Å²) in [5.74, 6) is 1.88. The lowest BCUT2D eigenvalue weighted by Gasteiger charge is -2.22. The topological polar surface area (TPSA) is 51.4 Å². The molecular weight excluding hydrogens is 250 g/mol. The smallest absolute Gasteiger partial charge is 0.133 e. The molecule has 2 N–H and O–H groups in total. The van der Waals surface area contributed by atoms with E-state index >= 15 is 0 Å². The van der Waals surface area contributed by atoms with Gasteiger partial charge in [-0.25, -0.2) is 4.98 Å². The summed E-state index contributed by atoms with van der Waals surface area (Å²) in [7, 11) is 2.09. The van der Waals surface area contributed by atoms with Crippen molar-refractivity contribution in [3.8, 4) is 0 Å². The maximum absolute atomic E-state index is 5.89. The second-order valence-electron chi connectivity index (χ2n) is 6.07. The standard InChI is InChI=1S/C16H25N3O/c1-19(7-8-20-11-12-5-6-12)16-14(10-17)9-13-3-2-4-15(13)18-16/h9,12H,2-8,10-11,17H2,1H3. The van der Waals surface area contributed by atoms with E-state index in [2.05, 4.69) is 18.0 Å². The maximum atomic E-state index is 5.89. The van der Waals surface area contributed by atoms with Gasteiger partial charge in [0.15, 0.2) is 0 Å². The van der Waals surface area contributed by atoms with Crippen molar-refractivity contribution < 1.29 is 4.74 Å². The molecule has 0 saturated heterocycles. The summed E-state index contributed by atoms with van der Waals surface area (Å²) < 4.78 is 5.72. The highest BCUT2D eigenvalue weighted by Gasteiger charge is 2.21. The summed E-state index contributed by atoms with van der Waals surface area (Å²) >= 11 is 0. The molecule has 1 saturated carbocycles. The van der Waals surface area contributed by atoms with Crippen molar-refractivity contribution in [2.24, 2.45) is 11.7 Å². The molecule has 20 heavy (non-hydrogen) atoms. The highest BCUT2D eigenvalue weighted by molar-refractivity contribution is 5.50. The van der Waals surface area contributed by atoms with Gasteiger partial charge in [0.05, 0.1) is 6.61 Å². The number of nitrogens with two attached hydrogens (primary N) is 1. The van der Waals surface area contributed by atoms with Gasteiger partial charge >= 0.3 is 0 Å². The van der Waals surface area contributed by atoms with Gasteiger partial charge in [0.2, 0.25) is 0 Å². The van der Waals surface area contributed by atoms with Crippen LogP contribution in [0.5, 0.6) is 0 Å². The molecule has 110 valence electrons. The van der Waals surface area contributed by atoms with Gasteiger partial charge in [-0.3, -0.25) is 0 Å². The average molecular weight is 275 g/mol. The number of hydrogen-bond acceptors (Lipinski definition) is 4. The largest absolute Gasteiger partial charge is 0.379 e. The fourth-order valence-corrected chi connectivity index (χ4v) is 2.83. The van der Waals surface area contributed by atoms with Crippen molar-refractivity contribution >= 4 is 5.82 Å². The molecule has 2 aliphatic carbocycles. The van der Waals surface area contributed by atoms with Crippen LogP contribution in [0.2, 0.25) is 0 Å². The Labute approximate surface area is 121 Å². The van der Waals surface area contributed by atoms with Crippen molar-refractivity contribution in [1.29, 1.82) is 0 Å². The van der Waals surface area contributed by atoms with Crippen molar-refractivity contribution in [2.45, 2.75) is 38.6 Å². The third-order valence-electron chi connectivity index (χ3n) is 4.31. The van der Waals surface area contributed by atoms with Crippen LogP contribution in [0.3, 0.4) is 0 Å². The number of fused-ring (bicyclic) bond motifs is 1. The molecule has 1 fully saturated rings. The summed E-state index contributed by atoms with van der Waals surface area (Å²) in [6.07, 6.45) is 6.19. The molecule has 4 nitrogen and oxygen atoms in total. The van der Waals surface area contributed by atoms with Gasteiger partial charge in [0, 0.05) is 38.0 Å². The number of hydrogen-bond donors (Lipinski definition) is 1. The van der Waals surface area contributed by atoms with Gasteiger partial charge in [-0.2, -0.15) is 0 Å². The van der Waals surface area contributed by atoms with Gasteiger partial charge in [-0.05, 0) is 49.7 Å². The van der Waals surface area contributed by atoms with Gasteiger partial charge in [-0.15, -0.1) is 0 Å². The second kappa shape index (κ2) is 6.10.